The normalized spacial score (nSPS) is 10.8. The van der Waals surface area contributed by atoms with Crippen molar-refractivity contribution in [3.63, 3.8) is 0 Å². The molecule has 0 saturated carbocycles. The van der Waals surface area contributed by atoms with Gasteiger partial charge in [0.15, 0.2) is 4.47 Å². The van der Waals surface area contributed by atoms with Crippen LogP contribution < -0.4 is 0 Å². The second kappa shape index (κ2) is 5.86. The summed E-state index contributed by atoms with van der Waals surface area (Å²) < 4.78 is 5.01. The number of rotatable bonds is 4. The number of halogens is 1. The lowest BCUT2D eigenvalue weighted by Gasteiger charge is -2.02. The standard InChI is InChI=1S/C10H13ClN2O2S/c1-13(2)6-4-5-7-8(9(14)15-3)16-10(11)12-7/h4,6H,5H2,1-3H3/b6-4+. The molecule has 0 saturated heterocycles. The Balaban J connectivity index is 2.83. The molecule has 0 amide bonds. The van der Waals surface area contributed by atoms with Crippen molar-refractivity contribution in [3.05, 3.63) is 27.3 Å². The molecule has 0 unspecified atom stereocenters. The van der Waals surface area contributed by atoms with Crippen LogP contribution in [0.1, 0.15) is 15.4 Å². The fourth-order valence-electron chi connectivity index (χ4n) is 1.09. The molecule has 4 nitrogen and oxygen atoms in total. The molecule has 0 fully saturated rings. The van der Waals surface area contributed by atoms with E-state index in [2.05, 4.69) is 9.72 Å². The third-order valence-electron chi connectivity index (χ3n) is 1.76. The fourth-order valence-corrected chi connectivity index (χ4v) is 2.16. The van der Waals surface area contributed by atoms with Gasteiger partial charge in [-0.05, 0) is 6.20 Å². The van der Waals surface area contributed by atoms with Gasteiger partial charge in [0, 0.05) is 20.5 Å². The molecule has 0 spiro atoms. The highest BCUT2D eigenvalue weighted by Crippen LogP contribution is 2.24. The maximum Gasteiger partial charge on any atom is 0.350 e. The number of allylic oxidation sites excluding steroid dienone is 1. The van der Waals surface area contributed by atoms with Crippen LogP contribution in [0.3, 0.4) is 0 Å². The first-order valence-corrected chi connectivity index (χ1v) is 5.80. The van der Waals surface area contributed by atoms with E-state index in [0.29, 0.717) is 21.5 Å². The van der Waals surface area contributed by atoms with Crippen molar-refractivity contribution in [2.45, 2.75) is 6.42 Å². The van der Waals surface area contributed by atoms with Crippen LogP contribution in [0.4, 0.5) is 0 Å². The van der Waals surface area contributed by atoms with Crippen molar-refractivity contribution >= 4 is 28.9 Å². The summed E-state index contributed by atoms with van der Waals surface area (Å²) in [6.45, 7) is 0. The van der Waals surface area contributed by atoms with Crippen LogP contribution in [-0.2, 0) is 11.2 Å². The van der Waals surface area contributed by atoms with Crippen molar-refractivity contribution in [1.29, 1.82) is 0 Å². The van der Waals surface area contributed by atoms with Crippen molar-refractivity contribution in [1.82, 2.24) is 9.88 Å². The van der Waals surface area contributed by atoms with Crippen molar-refractivity contribution in [2.24, 2.45) is 0 Å². The van der Waals surface area contributed by atoms with Crippen LogP contribution >= 0.6 is 22.9 Å². The Morgan fingerprint density at radius 2 is 2.31 bits per heavy atom. The van der Waals surface area contributed by atoms with E-state index in [0.717, 1.165) is 11.3 Å². The average Bonchev–Trinajstić information content (AvgIpc) is 2.58. The third kappa shape index (κ3) is 3.50. The van der Waals surface area contributed by atoms with E-state index in [9.17, 15) is 4.79 Å². The lowest BCUT2D eigenvalue weighted by molar-refractivity contribution is 0.0605. The highest BCUT2D eigenvalue weighted by atomic mass is 35.5. The lowest BCUT2D eigenvalue weighted by Crippen LogP contribution is -2.03. The predicted octanol–water partition coefficient (Wildman–Crippen LogP) is 2.20. The van der Waals surface area contributed by atoms with Gasteiger partial charge in [0.2, 0.25) is 0 Å². The van der Waals surface area contributed by atoms with Crippen LogP contribution in [0.15, 0.2) is 12.3 Å². The molecule has 0 radical (unpaired) electrons. The number of carbonyl (C=O) groups is 1. The first-order valence-electron chi connectivity index (χ1n) is 4.61. The van der Waals surface area contributed by atoms with Gasteiger partial charge < -0.3 is 9.64 Å². The molecule has 0 N–H and O–H groups in total. The number of thiazole rings is 1. The van der Waals surface area contributed by atoms with Crippen molar-refractivity contribution < 1.29 is 9.53 Å². The van der Waals surface area contributed by atoms with Crippen LogP contribution in [-0.4, -0.2) is 37.1 Å². The van der Waals surface area contributed by atoms with E-state index >= 15 is 0 Å². The molecular weight excluding hydrogens is 248 g/mol. The summed E-state index contributed by atoms with van der Waals surface area (Å²) in [5.74, 6) is -0.391. The molecule has 0 bridgehead atoms. The van der Waals surface area contributed by atoms with Gasteiger partial charge in [-0.25, -0.2) is 9.78 Å². The van der Waals surface area contributed by atoms with Crippen molar-refractivity contribution in [3.8, 4) is 0 Å². The molecule has 16 heavy (non-hydrogen) atoms. The lowest BCUT2D eigenvalue weighted by atomic mass is 10.2. The predicted molar refractivity (Wildman–Crippen MR) is 65.0 cm³/mol. The molecule has 0 aliphatic rings. The van der Waals surface area contributed by atoms with Gasteiger partial charge in [-0.15, -0.1) is 0 Å². The number of carbonyl (C=O) groups excluding carboxylic acids is 1. The summed E-state index contributed by atoms with van der Waals surface area (Å²) in [6, 6.07) is 0. The number of hydrogen-bond acceptors (Lipinski definition) is 5. The topological polar surface area (TPSA) is 42.4 Å². The highest BCUT2D eigenvalue weighted by Gasteiger charge is 2.16. The molecule has 0 aliphatic carbocycles. The van der Waals surface area contributed by atoms with E-state index in [1.54, 1.807) is 0 Å². The summed E-state index contributed by atoms with van der Waals surface area (Å²) in [6.07, 6.45) is 4.37. The smallest absolute Gasteiger partial charge is 0.350 e. The van der Waals surface area contributed by atoms with Gasteiger partial charge in [-0.1, -0.05) is 29.0 Å². The minimum absolute atomic E-state index is 0.355. The molecule has 1 rings (SSSR count). The minimum atomic E-state index is -0.391. The number of esters is 1. The van der Waals surface area contributed by atoms with Gasteiger partial charge >= 0.3 is 5.97 Å². The summed E-state index contributed by atoms with van der Waals surface area (Å²) in [5, 5.41) is 0. The number of ether oxygens (including phenoxy) is 1. The minimum Gasteiger partial charge on any atom is -0.465 e. The van der Waals surface area contributed by atoms with Gasteiger partial charge in [-0.2, -0.15) is 0 Å². The fraction of sp³-hybridized carbons (Fsp3) is 0.400. The Morgan fingerprint density at radius 1 is 1.62 bits per heavy atom. The maximum atomic E-state index is 11.4. The summed E-state index contributed by atoms with van der Waals surface area (Å²) >= 11 is 6.91. The van der Waals surface area contributed by atoms with Gasteiger partial charge in [0.25, 0.3) is 0 Å². The molecule has 1 aromatic rings. The number of hydrogen-bond donors (Lipinski definition) is 0. The molecule has 1 heterocycles. The van der Waals surface area contributed by atoms with E-state index in [4.69, 9.17) is 11.6 Å². The van der Waals surface area contributed by atoms with Crippen LogP contribution in [0, 0.1) is 0 Å². The van der Waals surface area contributed by atoms with E-state index < -0.39 is 5.97 Å². The maximum absolute atomic E-state index is 11.4. The molecule has 0 aromatic carbocycles. The van der Waals surface area contributed by atoms with Crippen molar-refractivity contribution in [2.75, 3.05) is 21.2 Å². The Kier molecular flexibility index (Phi) is 4.76. The number of nitrogens with zero attached hydrogens (tertiary/aromatic N) is 2. The second-order valence-corrected chi connectivity index (χ2v) is 4.87. The summed E-state index contributed by atoms with van der Waals surface area (Å²) in [7, 11) is 5.19. The molecule has 0 aliphatic heterocycles. The Morgan fingerprint density at radius 3 is 2.88 bits per heavy atom. The zero-order valence-corrected chi connectivity index (χ0v) is 10.9. The van der Waals surface area contributed by atoms with E-state index in [1.807, 2.05) is 31.3 Å². The van der Waals surface area contributed by atoms with Crippen LogP contribution in [0.25, 0.3) is 0 Å². The van der Waals surface area contributed by atoms with Gasteiger partial charge in [0.1, 0.15) is 4.88 Å². The highest BCUT2D eigenvalue weighted by molar-refractivity contribution is 7.17. The molecular formula is C10H13ClN2O2S. The Labute approximate surface area is 103 Å². The molecule has 0 atom stereocenters. The molecule has 1 aromatic heterocycles. The van der Waals surface area contributed by atoms with Crippen LogP contribution in [0.2, 0.25) is 4.47 Å². The largest absolute Gasteiger partial charge is 0.465 e. The van der Waals surface area contributed by atoms with E-state index in [1.165, 1.54) is 7.11 Å². The third-order valence-corrected chi connectivity index (χ3v) is 2.94. The number of aromatic nitrogens is 1. The zero-order valence-electron chi connectivity index (χ0n) is 9.36. The Hall–Kier alpha value is -1.07. The molecule has 88 valence electrons. The zero-order chi connectivity index (χ0) is 12.1. The SMILES string of the molecule is COC(=O)c1sc(Cl)nc1C/C=C/N(C)C. The van der Waals surface area contributed by atoms with Crippen LogP contribution in [0.5, 0.6) is 0 Å². The van der Waals surface area contributed by atoms with Gasteiger partial charge in [-0.3, -0.25) is 0 Å². The quantitative estimate of drug-likeness (QED) is 0.779. The van der Waals surface area contributed by atoms with Gasteiger partial charge in [0.05, 0.1) is 12.8 Å². The summed E-state index contributed by atoms with van der Waals surface area (Å²) in [4.78, 5) is 17.9. The van der Waals surface area contributed by atoms with E-state index in [-0.39, 0.29) is 0 Å². The second-order valence-electron chi connectivity index (χ2n) is 3.29. The number of methoxy groups -OCH3 is 1. The Bertz CT molecular complexity index is 402. The average molecular weight is 261 g/mol. The first-order chi connectivity index (χ1) is 7.54. The molecule has 6 heteroatoms. The summed E-state index contributed by atoms with van der Waals surface area (Å²) in [5.41, 5.74) is 0.653. The monoisotopic (exact) mass is 260 g/mol. The first kappa shape index (κ1) is 13.0.